The summed E-state index contributed by atoms with van der Waals surface area (Å²) < 4.78 is 12.7. The number of rotatable bonds is 9. The van der Waals surface area contributed by atoms with Crippen LogP contribution in [0, 0.1) is 5.82 Å². The zero-order valence-corrected chi connectivity index (χ0v) is 12.3. The molecule has 1 atom stereocenters. The predicted molar refractivity (Wildman–Crippen MR) is 78.7 cm³/mol. The lowest BCUT2D eigenvalue weighted by Gasteiger charge is -2.20. The average molecular weight is 266 g/mol. The van der Waals surface area contributed by atoms with Gasteiger partial charge in [0.15, 0.2) is 0 Å². The Bertz CT molecular complexity index is 343. The highest BCUT2D eigenvalue weighted by molar-refractivity contribution is 5.15. The van der Waals surface area contributed by atoms with Crippen LogP contribution in [0.2, 0.25) is 0 Å². The van der Waals surface area contributed by atoms with E-state index in [2.05, 4.69) is 0 Å². The van der Waals surface area contributed by atoms with E-state index < -0.39 is 5.60 Å². The molecule has 1 unspecified atom stereocenters. The Morgan fingerprint density at radius 3 is 2.21 bits per heavy atom. The molecule has 0 amide bonds. The molecule has 1 aromatic rings. The standard InChI is InChI=1S/C17H27FO/c1-3-17(2,19)14-8-6-4-5-7-9-15-10-12-16(18)13-11-15/h10-13,19H,3-9,14H2,1-2H3. The molecule has 0 aliphatic heterocycles. The largest absolute Gasteiger partial charge is 0.390 e. The molecule has 0 fully saturated rings. The van der Waals surface area contributed by atoms with Gasteiger partial charge in [0.25, 0.3) is 0 Å². The molecule has 1 aromatic carbocycles. The smallest absolute Gasteiger partial charge is 0.123 e. The second-order valence-corrected chi connectivity index (χ2v) is 5.74. The second-order valence-electron chi connectivity index (χ2n) is 5.74. The number of unbranched alkanes of at least 4 members (excludes halogenated alkanes) is 4. The third-order valence-electron chi connectivity index (χ3n) is 3.86. The lowest BCUT2D eigenvalue weighted by atomic mass is 9.95. The Balaban J connectivity index is 2.01. The van der Waals surface area contributed by atoms with Crippen molar-refractivity contribution in [1.82, 2.24) is 0 Å². The van der Waals surface area contributed by atoms with Gasteiger partial charge >= 0.3 is 0 Å². The molecule has 0 spiro atoms. The first-order chi connectivity index (χ1) is 9.03. The average Bonchev–Trinajstić information content (AvgIpc) is 2.40. The predicted octanol–water partition coefficient (Wildman–Crippen LogP) is 4.87. The fourth-order valence-electron chi connectivity index (χ4n) is 2.19. The normalized spacial score (nSPS) is 14.3. The highest BCUT2D eigenvalue weighted by Crippen LogP contribution is 2.18. The molecule has 2 heteroatoms. The van der Waals surface area contributed by atoms with Crippen molar-refractivity contribution in [3.63, 3.8) is 0 Å². The van der Waals surface area contributed by atoms with Crippen LogP contribution in [0.4, 0.5) is 4.39 Å². The Kier molecular flexibility index (Phi) is 7.07. The first-order valence-electron chi connectivity index (χ1n) is 7.50. The van der Waals surface area contributed by atoms with E-state index in [0.29, 0.717) is 0 Å². The van der Waals surface area contributed by atoms with Gasteiger partial charge in [-0.1, -0.05) is 44.7 Å². The summed E-state index contributed by atoms with van der Waals surface area (Å²) in [5, 5.41) is 9.87. The molecule has 0 aliphatic rings. The van der Waals surface area contributed by atoms with Gasteiger partial charge in [-0.2, -0.15) is 0 Å². The van der Waals surface area contributed by atoms with Crippen LogP contribution < -0.4 is 0 Å². The molecule has 1 rings (SSSR count). The van der Waals surface area contributed by atoms with Crippen LogP contribution in [0.1, 0.15) is 64.4 Å². The molecule has 0 aromatic heterocycles. The maximum atomic E-state index is 12.7. The minimum absolute atomic E-state index is 0.160. The maximum absolute atomic E-state index is 12.7. The number of hydrogen-bond donors (Lipinski definition) is 1. The van der Waals surface area contributed by atoms with Crippen molar-refractivity contribution in [2.45, 2.75) is 70.8 Å². The van der Waals surface area contributed by atoms with Gasteiger partial charge in [-0.15, -0.1) is 0 Å². The molecule has 0 bridgehead atoms. The van der Waals surface area contributed by atoms with Gasteiger partial charge in [0.1, 0.15) is 5.82 Å². The molecule has 0 radical (unpaired) electrons. The van der Waals surface area contributed by atoms with Gasteiger partial charge in [0.05, 0.1) is 5.60 Å². The minimum atomic E-state index is -0.478. The van der Waals surface area contributed by atoms with Crippen LogP contribution >= 0.6 is 0 Å². The van der Waals surface area contributed by atoms with Gasteiger partial charge < -0.3 is 5.11 Å². The zero-order valence-electron chi connectivity index (χ0n) is 12.3. The van der Waals surface area contributed by atoms with E-state index >= 15 is 0 Å². The molecule has 0 heterocycles. The summed E-state index contributed by atoms with van der Waals surface area (Å²) >= 11 is 0. The lowest BCUT2D eigenvalue weighted by molar-refractivity contribution is 0.0442. The minimum Gasteiger partial charge on any atom is -0.390 e. The van der Waals surface area contributed by atoms with E-state index in [-0.39, 0.29) is 5.82 Å². The fourth-order valence-corrected chi connectivity index (χ4v) is 2.19. The highest BCUT2D eigenvalue weighted by atomic mass is 19.1. The number of benzene rings is 1. The van der Waals surface area contributed by atoms with Crippen molar-refractivity contribution in [2.24, 2.45) is 0 Å². The van der Waals surface area contributed by atoms with Crippen LogP contribution in [0.3, 0.4) is 0 Å². The first-order valence-corrected chi connectivity index (χ1v) is 7.50. The summed E-state index contributed by atoms with van der Waals surface area (Å²) in [5.74, 6) is -0.160. The van der Waals surface area contributed by atoms with Crippen LogP contribution in [0.15, 0.2) is 24.3 Å². The van der Waals surface area contributed by atoms with Crippen molar-refractivity contribution in [3.8, 4) is 0 Å². The Morgan fingerprint density at radius 1 is 1.00 bits per heavy atom. The second kappa shape index (κ2) is 8.31. The van der Waals surface area contributed by atoms with Crippen LogP contribution in [0.25, 0.3) is 0 Å². The van der Waals surface area contributed by atoms with Crippen molar-refractivity contribution in [1.29, 1.82) is 0 Å². The molecule has 19 heavy (non-hydrogen) atoms. The van der Waals surface area contributed by atoms with Crippen LogP contribution in [-0.4, -0.2) is 10.7 Å². The topological polar surface area (TPSA) is 20.2 Å². The summed E-state index contributed by atoms with van der Waals surface area (Å²) in [6.45, 7) is 3.95. The van der Waals surface area contributed by atoms with Crippen molar-refractivity contribution >= 4 is 0 Å². The zero-order chi connectivity index (χ0) is 14.1. The van der Waals surface area contributed by atoms with Gasteiger partial charge in [0, 0.05) is 0 Å². The quantitative estimate of drug-likeness (QED) is 0.632. The van der Waals surface area contributed by atoms with Gasteiger partial charge in [-0.05, 0) is 50.3 Å². The van der Waals surface area contributed by atoms with E-state index in [4.69, 9.17) is 0 Å². The summed E-state index contributed by atoms with van der Waals surface area (Å²) in [4.78, 5) is 0. The summed E-state index contributed by atoms with van der Waals surface area (Å²) in [5.41, 5.74) is 0.740. The van der Waals surface area contributed by atoms with Crippen molar-refractivity contribution in [2.75, 3.05) is 0 Å². The van der Waals surface area contributed by atoms with Crippen LogP contribution in [0.5, 0.6) is 0 Å². The van der Waals surface area contributed by atoms with Crippen molar-refractivity contribution < 1.29 is 9.50 Å². The molecular formula is C17H27FO. The van der Waals surface area contributed by atoms with Gasteiger partial charge in [0.2, 0.25) is 0 Å². The number of aliphatic hydroxyl groups is 1. The molecule has 0 saturated carbocycles. The van der Waals surface area contributed by atoms with Crippen LogP contribution in [-0.2, 0) is 6.42 Å². The Labute approximate surface area is 116 Å². The van der Waals surface area contributed by atoms with E-state index in [1.54, 1.807) is 0 Å². The summed E-state index contributed by atoms with van der Waals surface area (Å²) in [6, 6.07) is 6.80. The molecule has 0 aliphatic carbocycles. The SMILES string of the molecule is CCC(C)(O)CCCCCCCc1ccc(F)cc1. The molecule has 1 N–H and O–H groups in total. The monoisotopic (exact) mass is 266 g/mol. The maximum Gasteiger partial charge on any atom is 0.123 e. The Morgan fingerprint density at radius 2 is 1.58 bits per heavy atom. The number of halogens is 1. The number of aryl methyl sites for hydroxylation is 1. The van der Waals surface area contributed by atoms with E-state index in [1.165, 1.54) is 37.0 Å². The third-order valence-corrected chi connectivity index (χ3v) is 3.86. The molecule has 0 saturated heterocycles. The molecular weight excluding hydrogens is 239 g/mol. The molecule has 108 valence electrons. The van der Waals surface area contributed by atoms with E-state index in [9.17, 15) is 9.50 Å². The summed E-state index contributed by atoms with van der Waals surface area (Å²) in [6.07, 6.45) is 8.67. The Hall–Kier alpha value is -0.890. The summed E-state index contributed by atoms with van der Waals surface area (Å²) in [7, 11) is 0. The molecule has 1 nitrogen and oxygen atoms in total. The fraction of sp³-hybridized carbons (Fsp3) is 0.647. The number of hydrogen-bond acceptors (Lipinski definition) is 1. The lowest BCUT2D eigenvalue weighted by Crippen LogP contribution is -2.22. The highest BCUT2D eigenvalue weighted by Gasteiger charge is 2.15. The first kappa shape index (κ1) is 16.2. The van der Waals surface area contributed by atoms with Gasteiger partial charge in [-0.25, -0.2) is 4.39 Å². The van der Waals surface area contributed by atoms with Crippen molar-refractivity contribution in [3.05, 3.63) is 35.6 Å². The van der Waals surface area contributed by atoms with E-state index in [0.717, 1.165) is 32.1 Å². The van der Waals surface area contributed by atoms with Gasteiger partial charge in [-0.3, -0.25) is 0 Å². The third kappa shape index (κ3) is 7.31. The van der Waals surface area contributed by atoms with E-state index in [1.807, 2.05) is 26.0 Å².